The number of nitrogens with one attached hydrogen (secondary N) is 1. The van der Waals surface area contributed by atoms with Gasteiger partial charge in [0.15, 0.2) is 17.7 Å². The molecule has 1 saturated heterocycles. The number of aliphatic hydroxyl groups is 1. The normalized spacial score (nSPS) is 29.2. The fraction of sp³-hybridized carbons (Fsp3) is 0.538. The van der Waals surface area contributed by atoms with Crippen LogP contribution < -0.4 is 11.3 Å². The summed E-state index contributed by atoms with van der Waals surface area (Å²) in [6, 6.07) is 0. The van der Waals surface area contributed by atoms with Crippen molar-refractivity contribution in [3.63, 3.8) is 0 Å². The lowest BCUT2D eigenvalue weighted by Gasteiger charge is -2.27. The van der Waals surface area contributed by atoms with Gasteiger partial charge in [-0.05, 0) is 6.92 Å². The second-order valence-electron chi connectivity index (χ2n) is 7.39. The van der Waals surface area contributed by atoms with Gasteiger partial charge in [-0.15, -0.1) is 0 Å². The van der Waals surface area contributed by atoms with Crippen molar-refractivity contribution in [1.82, 2.24) is 14.5 Å². The summed E-state index contributed by atoms with van der Waals surface area (Å²) in [7, 11) is -17.3. The van der Waals surface area contributed by atoms with Crippen molar-refractivity contribution in [3.05, 3.63) is 22.4 Å². The zero-order valence-corrected chi connectivity index (χ0v) is 20.2. The molecule has 8 N–H and O–H groups in total. The molecule has 1 aliphatic rings. The number of phosphoric acid groups is 3. The van der Waals surface area contributed by atoms with Crippen LogP contribution in [0.3, 0.4) is 0 Å². The molecule has 17 nitrogen and oxygen atoms in total. The van der Waals surface area contributed by atoms with E-state index in [1.165, 1.54) is 0 Å². The minimum atomic E-state index is -5.90. The topological polar surface area (TPSA) is 266 Å². The minimum absolute atomic E-state index is 0.503. The number of hydrogen-bond acceptors (Lipinski definition) is 11. The van der Waals surface area contributed by atoms with Crippen molar-refractivity contribution in [3.8, 4) is 0 Å². The Morgan fingerprint density at radius 2 is 1.89 bits per heavy atom. The molecular formula is C13H18F3N4O13P3. The summed E-state index contributed by atoms with van der Waals surface area (Å²) >= 11 is 0. The Hall–Kier alpha value is -1.66. The van der Waals surface area contributed by atoms with E-state index in [0.717, 1.165) is 6.92 Å². The van der Waals surface area contributed by atoms with Gasteiger partial charge in [0.2, 0.25) is 11.6 Å². The van der Waals surface area contributed by atoms with Crippen LogP contribution in [0.4, 0.5) is 19.1 Å². The van der Waals surface area contributed by atoms with Crippen LogP contribution in [-0.2, 0) is 31.6 Å². The largest absolute Gasteiger partial charge is 0.490 e. The van der Waals surface area contributed by atoms with E-state index in [1.54, 1.807) is 0 Å². The second-order valence-corrected chi connectivity index (χ2v) is 11.8. The van der Waals surface area contributed by atoms with Crippen LogP contribution in [0.15, 0.2) is 11.0 Å². The summed E-state index contributed by atoms with van der Waals surface area (Å²) in [4.78, 5) is 53.6. The Kier molecular flexibility index (Phi) is 7.69. The molecule has 3 unspecified atom stereocenters. The summed E-state index contributed by atoms with van der Waals surface area (Å²) in [5.41, 5.74) is 0.331. The number of aromatic nitrogens is 3. The Morgan fingerprint density at radius 3 is 2.44 bits per heavy atom. The molecule has 204 valence electrons. The number of anilines is 1. The Bertz CT molecular complexity index is 1370. The summed E-state index contributed by atoms with van der Waals surface area (Å²) in [6.07, 6.45) is -8.28. The lowest BCUT2D eigenvalue weighted by Crippen LogP contribution is -2.46. The number of aliphatic hydroxyl groups excluding tert-OH is 1. The van der Waals surface area contributed by atoms with Gasteiger partial charge in [-0.25, -0.2) is 26.9 Å². The molecule has 7 atom stereocenters. The predicted octanol–water partition coefficient (Wildman–Crippen LogP) is 0.114. The summed E-state index contributed by atoms with van der Waals surface area (Å²) in [5.74, 6) is -1.78. The maximum atomic E-state index is 15.6. The highest BCUT2D eigenvalue weighted by Crippen LogP contribution is 2.66. The molecule has 1 fully saturated rings. The zero-order valence-electron chi connectivity index (χ0n) is 17.5. The summed E-state index contributed by atoms with van der Waals surface area (Å²) in [5, 5.41) is 9.68. The van der Waals surface area contributed by atoms with Crippen molar-refractivity contribution in [2.45, 2.75) is 37.1 Å². The number of nitrogen functional groups attached to an aromatic ring is 1. The van der Waals surface area contributed by atoms with Crippen molar-refractivity contribution >= 4 is 40.4 Å². The average Bonchev–Trinajstić information content (AvgIpc) is 3.13. The summed E-state index contributed by atoms with van der Waals surface area (Å²) < 4.78 is 95.3. The number of alkyl halides is 2. The number of hydrogen-bond donors (Lipinski definition) is 7. The van der Waals surface area contributed by atoms with Gasteiger partial charge in [0, 0.05) is 6.20 Å². The molecule has 0 amide bonds. The minimum Gasteiger partial charge on any atom is -0.387 e. The third-order valence-electron chi connectivity index (χ3n) is 4.79. The number of fused-ring (bicyclic) bond motifs is 1. The number of nitrogens with zero attached hydrogens (tertiary/aromatic N) is 2. The molecule has 1 aliphatic heterocycles. The highest BCUT2D eigenvalue weighted by molar-refractivity contribution is 7.66. The standard InChI is InChI=1S/C13H18F3N4O13P3/c1-4(31-35(26,27)33-36(28,29)32-34(23,24)25)7-8(21)13(16,3-14)11(30-7)20-2-5(15)6-9(20)18-12(17)19-10(6)22/h2,4,7-8,11,21H,3H2,1H3,(H,26,27)(H,28,29)(H2,23,24,25)(H3,17,18,19,22)/t4-,7-,8?,11-,13-/m1/s1. The van der Waals surface area contributed by atoms with Crippen LogP contribution in [-0.4, -0.2) is 69.9 Å². The first-order valence-electron chi connectivity index (χ1n) is 9.26. The van der Waals surface area contributed by atoms with E-state index >= 15 is 4.39 Å². The van der Waals surface area contributed by atoms with E-state index in [9.17, 15) is 42.2 Å². The first-order chi connectivity index (χ1) is 16.3. The lowest BCUT2D eigenvalue weighted by atomic mass is 9.95. The van der Waals surface area contributed by atoms with Gasteiger partial charge in [0.05, 0.1) is 6.10 Å². The van der Waals surface area contributed by atoms with Crippen LogP contribution in [0.1, 0.15) is 13.2 Å². The average molecular weight is 588 g/mol. The van der Waals surface area contributed by atoms with Crippen LogP contribution in [0.2, 0.25) is 0 Å². The van der Waals surface area contributed by atoms with Crippen molar-refractivity contribution in [2.24, 2.45) is 0 Å². The Morgan fingerprint density at radius 1 is 1.28 bits per heavy atom. The third-order valence-corrected chi connectivity index (χ3v) is 8.72. The van der Waals surface area contributed by atoms with Crippen molar-refractivity contribution < 1.29 is 69.4 Å². The monoisotopic (exact) mass is 588 g/mol. The number of aromatic amines is 1. The molecule has 0 aliphatic carbocycles. The SMILES string of the molecule is C[C@@H](OP(=O)(O)OP(=O)(O)OP(=O)(O)O)[C@H]1O[C@@H](n2cc(F)c3c(=O)[nH]c(N)nc32)[C@@](F)(CF)C1O. The molecule has 0 bridgehead atoms. The quantitative estimate of drug-likeness (QED) is 0.192. The van der Waals surface area contributed by atoms with Crippen LogP contribution in [0.5, 0.6) is 0 Å². The third kappa shape index (κ3) is 5.75. The van der Waals surface area contributed by atoms with E-state index in [2.05, 4.69) is 18.1 Å². The molecule has 2 aromatic heterocycles. The number of halogens is 3. The predicted molar refractivity (Wildman–Crippen MR) is 109 cm³/mol. The Balaban J connectivity index is 1.92. The molecule has 3 heterocycles. The summed E-state index contributed by atoms with van der Waals surface area (Å²) in [6.45, 7) is -1.14. The smallest absolute Gasteiger partial charge is 0.387 e. The van der Waals surface area contributed by atoms with Crippen LogP contribution >= 0.6 is 23.5 Å². The van der Waals surface area contributed by atoms with E-state index < -0.39 is 88.7 Å². The maximum absolute atomic E-state index is 15.6. The first kappa shape index (κ1) is 28.9. The van der Waals surface area contributed by atoms with Gasteiger partial charge in [-0.3, -0.25) is 18.9 Å². The highest BCUT2D eigenvalue weighted by Gasteiger charge is 2.61. The molecule has 0 saturated carbocycles. The van der Waals surface area contributed by atoms with Gasteiger partial charge in [-0.2, -0.15) is 13.6 Å². The first-order valence-corrected chi connectivity index (χ1v) is 13.8. The molecule has 2 aromatic rings. The molecule has 0 aromatic carbocycles. The van der Waals surface area contributed by atoms with E-state index in [0.29, 0.717) is 10.8 Å². The van der Waals surface area contributed by atoms with Crippen LogP contribution in [0, 0.1) is 5.82 Å². The molecule has 36 heavy (non-hydrogen) atoms. The molecule has 0 spiro atoms. The van der Waals surface area contributed by atoms with E-state index in [-0.39, 0.29) is 0 Å². The van der Waals surface area contributed by atoms with Gasteiger partial charge < -0.3 is 35.2 Å². The van der Waals surface area contributed by atoms with Crippen molar-refractivity contribution in [1.29, 1.82) is 0 Å². The maximum Gasteiger partial charge on any atom is 0.490 e. The van der Waals surface area contributed by atoms with Gasteiger partial charge in [0.1, 0.15) is 24.3 Å². The van der Waals surface area contributed by atoms with Crippen molar-refractivity contribution in [2.75, 3.05) is 12.4 Å². The highest BCUT2D eigenvalue weighted by atomic mass is 31.3. The fourth-order valence-electron chi connectivity index (χ4n) is 3.44. The number of ether oxygens (including phenoxy) is 1. The number of nitrogens with two attached hydrogens (primary N) is 1. The van der Waals surface area contributed by atoms with E-state index in [1.807, 2.05) is 4.98 Å². The number of H-pyrrole nitrogens is 1. The second kappa shape index (κ2) is 9.58. The molecule has 0 radical (unpaired) electrons. The Labute approximate surface area is 197 Å². The van der Waals surface area contributed by atoms with Gasteiger partial charge in [-0.1, -0.05) is 0 Å². The molecule has 3 rings (SSSR count). The fourth-order valence-corrected chi connectivity index (χ4v) is 6.64. The number of phosphoric ester groups is 1. The molecule has 23 heteroatoms. The molecular weight excluding hydrogens is 570 g/mol. The van der Waals surface area contributed by atoms with Gasteiger partial charge >= 0.3 is 23.5 Å². The number of rotatable bonds is 9. The van der Waals surface area contributed by atoms with E-state index in [4.69, 9.17) is 20.3 Å². The van der Waals surface area contributed by atoms with Gasteiger partial charge in [0.25, 0.3) is 5.56 Å². The zero-order chi connectivity index (χ0) is 27.4. The lowest BCUT2D eigenvalue weighted by molar-refractivity contribution is -0.0818. The van der Waals surface area contributed by atoms with Crippen LogP contribution in [0.25, 0.3) is 11.0 Å².